The SMILES string of the molecule is O=C(O)c1ccc(C(O)c2cc3cc(C(=O)NCn4cnnn4)ccc3cc2O)cc1. The van der Waals surface area contributed by atoms with Gasteiger partial charge in [0.25, 0.3) is 5.91 Å². The van der Waals surface area contributed by atoms with Crippen LogP contribution in [0.25, 0.3) is 10.8 Å². The Bertz CT molecular complexity index is 1260. The molecule has 10 heteroatoms. The second-order valence-electron chi connectivity index (χ2n) is 6.82. The van der Waals surface area contributed by atoms with Crippen LogP contribution in [0.1, 0.15) is 37.9 Å². The van der Waals surface area contributed by atoms with Gasteiger partial charge < -0.3 is 20.6 Å². The van der Waals surface area contributed by atoms with Gasteiger partial charge in [0.05, 0.1) is 5.56 Å². The second kappa shape index (κ2) is 8.20. The molecule has 1 atom stereocenters. The molecule has 0 aliphatic heterocycles. The lowest BCUT2D eigenvalue weighted by molar-refractivity contribution is 0.0696. The number of carboxylic acid groups (broad SMARTS) is 1. The van der Waals surface area contributed by atoms with Crippen LogP contribution in [-0.2, 0) is 6.67 Å². The number of phenolic OH excluding ortho intramolecular Hbond substituents is 1. The molecule has 156 valence electrons. The fourth-order valence-electron chi connectivity index (χ4n) is 3.16. The molecule has 0 aliphatic rings. The number of benzene rings is 3. The predicted molar refractivity (Wildman–Crippen MR) is 108 cm³/mol. The van der Waals surface area contributed by atoms with Crippen LogP contribution in [-0.4, -0.2) is 47.4 Å². The van der Waals surface area contributed by atoms with Crippen LogP contribution in [0.15, 0.2) is 60.9 Å². The van der Waals surface area contributed by atoms with Gasteiger partial charge in [-0.1, -0.05) is 18.2 Å². The van der Waals surface area contributed by atoms with Crippen LogP contribution in [0, 0.1) is 0 Å². The summed E-state index contributed by atoms with van der Waals surface area (Å²) in [6, 6.07) is 13.8. The van der Waals surface area contributed by atoms with Gasteiger partial charge in [0.1, 0.15) is 24.8 Å². The van der Waals surface area contributed by atoms with Crippen LogP contribution in [0.2, 0.25) is 0 Å². The quantitative estimate of drug-likeness (QED) is 0.369. The zero-order valence-electron chi connectivity index (χ0n) is 16.0. The molecule has 10 nitrogen and oxygen atoms in total. The van der Waals surface area contributed by atoms with E-state index < -0.39 is 12.1 Å². The molecule has 4 aromatic rings. The van der Waals surface area contributed by atoms with Crippen molar-refractivity contribution in [1.29, 1.82) is 0 Å². The Balaban J connectivity index is 1.61. The molecule has 1 amide bonds. The monoisotopic (exact) mass is 419 g/mol. The van der Waals surface area contributed by atoms with E-state index in [-0.39, 0.29) is 29.5 Å². The maximum Gasteiger partial charge on any atom is 0.335 e. The average Bonchev–Trinajstić information content (AvgIpc) is 3.30. The molecule has 0 saturated heterocycles. The number of hydrogen-bond acceptors (Lipinski definition) is 7. The van der Waals surface area contributed by atoms with Crippen molar-refractivity contribution < 1.29 is 24.9 Å². The van der Waals surface area contributed by atoms with E-state index in [9.17, 15) is 19.8 Å². The van der Waals surface area contributed by atoms with Crippen molar-refractivity contribution in [3.8, 4) is 5.75 Å². The van der Waals surface area contributed by atoms with Crippen LogP contribution in [0.4, 0.5) is 0 Å². The lowest BCUT2D eigenvalue weighted by Gasteiger charge is -2.15. The fraction of sp³-hybridized carbons (Fsp3) is 0.0952. The Labute approximate surface area is 175 Å². The first-order chi connectivity index (χ1) is 14.9. The molecular formula is C21H17N5O5. The van der Waals surface area contributed by atoms with Crippen LogP contribution in [0.3, 0.4) is 0 Å². The average molecular weight is 419 g/mol. The molecule has 0 fully saturated rings. The number of aromatic nitrogens is 4. The van der Waals surface area contributed by atoms with E-state index in [1.807, 2.05) is 0 Å². The standard InChI is InChI=1S/C21H17N5O5/c27-18-9-14-5-6-15(20(29)22-10-26-11-23-24-25-26)7-16(14)8-17(18)19(28)12-1-3-13(4-2-12)21(30)31/h1-9,11,19,27-28H,10H2,(H,22,29)(H,30,31). The van der Waals surface area contributed by atoms with Gasteiger partial charge in [0.15, 0.2) is 0 Å². The van der Waals surface area contributed by atoms with Crippen molar-refractivity contribution in [3.05, 3.63) is 83.2 Å². The number of tetrazole rings is 1. The van der Waals surface area contributed by atoms with Gasteiger partial charge in [-0.3, -0.25) is 4.79 Å². The molecule has 0 radical (unpaired) electrons. The summed E-state index contributed by atoms with van der Waals surface area (Å²) in [6.07, 6.45) is 0.199. The first-order valence-electron chi connectivity index (χ1n) is 9.19. The van der Waals surface area contributed by atoms with Crippen LogP contribution < -0.4 is 5.32 Å². The lowest BCUT2D eigenvalue weighted by atomic mass is 9.96. The third-order valence-corrected chi connectivity index (χ3v) is 4.81. The summed E-state index contributed by atoms with van der Waals surface area (Å²) in [5, 5.41) is 44.8. The van der Waals surface area contributed by atoms with Gasteiger partial charge in [-0.2, -0.15) is 0 Å². The van der Waals surface area contributed by atoms with E-state index in [0.29, 0.717) is 21.9 Å². The summed E-state index contributed by atoms with van der Waals surface area (Å²) in [6.45, 7) is 0.107. The number of carbonyl (C=O) groups is 2. The summed E-state index contributed by atoms with van der Waals surface area (Å²) < 4.78 is 1.36. The van der Waals surface area contributed by atoms with Crippen molar-refractivity contribution >= 4 is 22.6 Å². The van der Waals surface area contributed by atoms with E-state index in [2.05, 4.69) is 20.8 Å². The molecule has 0 bridgehead atoms. The molecule has 3 aromatic carbocycles. The highest BCUT2D eigenvalue weighted by atomic mass is 16.4. The van der Waals surface area contributed by atoms with E-state index in [1.54, 1.807) is 24.3 Å². The Morgan fingerprint density at radius 3 is 2.42 bits per heavy atom. The number of aliphatic hydroxyl groups is 1. The van der Waals surface area contributed by atoms with Crippen molar-refractivity contribution in [1.82, 2.24) is 25.5 Å². The molecule has 0 aliphatic carbocycles. The minimum absolute atomic E-state index is 0.0935. The van der Waals surface area contributed by atoms with E-state index in [4.69, 9.17) is 5.11 Å². The largest absolute Gasteiger partial charge is 0.508 e. The smallest absolute Gasteiger partial charge is 0.335 e. The predicted octanol–water partition coefficient (Wildman–Crippen LogP) is 1.70. The van der Waals surface area contributed by atoms with Gasteiger partial charge in [0, 0.05) is 11.1 Å². The summed E-state index contributed by atoms with van der Waals surface area (Å²) in [7, 11) is 0. The van der Waals surface area contributed by atoms with Gasteiger partial charge in [-0.05, 0) is 63.2 Å². The van der Waals surface area contributed by atoms with E-state index in [1.165, 1.54) is 41.3 Å². The summed E-state index contributed by atoms with van der Waals surface area (Å²) in [5.41, 5.74) is 1.14. The molecule has 1 aromatic heterocycles. The zero-order chi connectivity index (χ0) is 22.0. The number of amides is 1. The molecule has 1 unspecified atom stereocenters. The van der Waals surface area contributed by atoms with E-state index >= 15 is 0 Å². The van der Waals surface area contributed by atoms with Crippen molar-refractivity contribution in [2.24, 2.45) is 0 Å². The number of nitrogens with one attached hydrogen (secondary N) is 1. The number of nitrogens with zero attached hydrogens (tertiary/aromatic N) is 4. The number of hydrogen-bond donors (Lipinski definition) is 4. The van der Waals surface area contributed by atoms with Gasteiger partial charge in [0.2, 0.25) is 0 Å². The Morgan fingerprint density at radius 2 is 1.74 bits per heavy atom. The van der Waals surface area contributed by atoms with Gasteiger partial charge in [-0.15, -0.1) is 5.10 Å². The fourth-order valence-corrected chi connectivity index (χ4v) is 3.16. The molecular weight excluding hydrogens is 402 g/mol. The summed E-state index contributed by atoms with van der Waals surface area (Å²) >= 11 is 0. The van der Waals surface area contributed by atoms with Gasteiger partial charge >= 0.3 is 5.97 Å². The number of aromatic carboxylic acids is 1. The minimum atomic E-state index is -1.18. The number of phenols is 1. The van der Waals surface area contributed by atoms with Crippen LogP contribution >= 0.6 is 0 Å². The van der Waals surface area contributed by atoms with Gasteiger partial charge in [-0.25, -0.2) is 9.48 Å². The third-order valence-electron chi connectivity index (χ3n) is 4.81. The number of carboxylic acids is 1. The maximum absolute atomic E-state index is 12.4. The zero-order valence-corrected chi connectivity index (χ0v) is 16.0. The highest BCUT2D eigenvalue weighted by molar-refractivity contribution is 5.99. The van der Waals surface area contributed by atoms with Crippen LogP contribution in [0.5, 0.6) is 5.75 Å². The molecule has 0 saturated carbocycles. The van der Waals surface area contributed by atoms with Crippen molar-refractivity contribution in [3.63, 3.8) is 0 Å². The Morgan fingerprint density at radius 1 is 1.00 bits per heavy atom. The maximum atomic E-state index is 12.4. The normalized spacial score (nSPS) is 11.9. The molecule has 1 heterocycles. The summed E-state index contributed by atoms with van der Waals surface area (Å²) in [5.74, 6) is -1.52. The topological polar surface area (TPSA) is 150 Å². The third kappa shape index (κ3) is 4.19. The number of carbonyl (C=O) groups excluding carboxylic acids is 1. The molecule has 0 spiro atoms. The minimum Gasteiger partial charge on any atom is -0.508 e. The summed E-state index contributed by atoms with van der Waals surface area (Å²) in [4.78, 5) is 23.4. The Hall–Kier alpha value is -4.31. The second-order valence-corrected chi connectivity index (χ2v) is 6.82. The number of fused-ring (bicyclic) bond motifs is 1. The lowest BCUT2D eigenvalue weighted by Crippen LogP contribution is -2.26. The number of aromatic hydroxyl groups is 1. The first-order valence-corrected chi connectivity index (χ1v) is 9.19. The Kier molecular flexibility index (Phi) is 5.29. The highest BCUT2D eigenvalue weighted by Gasteiger charge is 2.17. The van der Waals surface area contributed by atoms with E-state index in [0.717, 1.165) is 0 Å². The first kappa shape index (κ1) is 20.0. The number of aliphatic hydroxyl groups excluding tert-OH is 1. The van der Waals surface area contributed by atoms with Crippen molar-refractivity contribution in [2.75, 3.05) is 0 Å². The number of rotatable bonds is 6. The van der Waals surface area contributed by atoms with Crippen molar-refractivity contribution in [2.45, 2.75) is 12.8 Å². The molecule has 31 heavy (non-hydrogen) atoms. The molecule has 4 N–H and O–H groups in total. The molecule has 4 rings (SSSR count). The highest BCUT2D eigenvalue weighted by Crippen LogP contribution is 2.33.